The first-order valence-electron chi connectivity index (χ1n) is 7.73. The van der Waals surface area contributed by atoms with Gasteiger partial charge in [-0.05, 0) is 43.9 Å². The molecule has 5 heteroatoms. The van der Waals surface area contributed by atoms with Gasteiger partial charge in [0.1, 0.15) is 5.02 Å². The molecule has 0 atom stereocenters. The molecule has 2 saturated carbocycles. The maximum atomic E-state index is 12.2. The molecular weight excluding hydrogens is 274 g/mol. The summed E-state index contributed by atoms with van der Waals surface area (Å²) in [7, 11) is 0. The Morgan fingerprint density at radius 1 is 1.40 bits per heavy atom. The molecule has 3 rings (SSSR count). The van der Waals surface area contributed by atoms with Crippen LogP contribution in [0.5, 0.6) is 0 Å². The number of unbranched alkanes of at least 4 members (excludes halogenated alkanes) is 1. The van der Waals surface area contributed by atoms with Crippen LogP contribution in [0, 0.1) is 11.8 Å². The normalized spacial score (nSPS) is 18.6. The SMILES string of the molecule is CCCCn1ncc(NC(C2CC2)C2CC2)c(Cl)c1=O. The molecular formula is C15H22ClN3O. The number of nitrogens with zero attached hydrogens (tertiary/aromatic N) is 2. The largest absolute Gasteiger partial charge is 0.379 e. The van der Waals surface area contributed by atoms with Gasteiger partial charge in [-0.2, -0.15) is 5.10 Å². The number of hydrogen-bond donors (Lipinski definition) is 1. The first-order valence-corrected chi connectivity index (χ1v) is 8.10. The van der Waals surface area contributed by atoms with Crippen LogP contribution >= 0.6 is 11.6 Å². The lowest BCUT2D eigenvalue weighted by molar-refractivity contribution is 0.539. The summed E-state index contributed by atoms with van der Waals surface area (Å²) in [5, 5.41) is 8.03. The minimum Gasteiger partial charge on any atom is -0.379 e. The predicted molar refractivity (Wildman–Crippen MR) is 81.3 cm³/mol. The number of halogens is 1. The van der Waals surface area contributed by atoms with Crippen LogP contribution in [0.2, 0.25) is 5.02 Å². The monoisotopic (exact) mass is 295 g/mol. The van der Waals surface area contributed by atoms with Gasteiger partial charge in [0.05, 0.1) is 11.9 Å². The van der Waals surface area contributed by atoms with Gasteiger partial charge in [0.2, 0.25) is 0 Å². The summed E-state index contributed by atoms with van der Waals surface area (Å²) in [5.41, 5.74) is 0.545. The van der Waals surface area contributed by atoms with Crippen molar-refractivity contribution in [3.05, 3.63) is 21.6 Å². The van der Waals surface area contributed by atoms with Crippen molar-refractivity contribution in [1.29, 1.82) is 0 Å². The molecule has 0 bridgehead atoms. The summed E-state index contributed by atoms with van der Waals surface area (Å²) in [5.74, 6) is 1.53. The third-order valence-electron chi connectivity index (χ3n) is 4.29. The molecule has 0 saturated heterocycles. The molecule has 1 heterocycles. The number of aryl methyl sites for hydroxylation is 1. The third kappa shape index (κ3) is 3.00. The number of anilines is 1. The van der Waals surface area contributed by atoms with Crippen molar-refractivity contribution >= 4 is 17.3 Å². The van der Waals surface area contributed by atoms with E-state index in [4.69, 9.17) is 11.6 Å². The average molecular weight is 296 g/mol. The van der Waals surface area contributed by atoms with Gasteiger partial charge in [0, 0.05) is 12.6 Å². The molecule has 110 valence electrons. The Hall–Kier alpha value is -1.03. The second-order valence-corrected chi connectivity index (χ2v) is 6.48. The van der Waals surface area contributed by atoms with E-state index < -0.39 is 0 Å². The van der Waals surface area contributed by atoms with Crippen molar-refractivity contribution in [3.8, 4) is 0 Å². The van der Waals surface area contributed by atoms with Gasteiger partial charge in [0.15, 0.2) is 0 Å². The minimum absolute atomic E-state index is 0.171. The highest BCUT2D eigenvalue weighted by Crippen LogP contribution is 2.46. The van der Waals surface area contributed by atoms with Crippen LogP contribution < -0.4 is 10.9 Å². The number of nitrogens with one attached hydrogen (secondary N) is 1. The minimum atomic E-state index is -0.171. The lowest BCUT2D eigenvalue weighted by Crippen LogP contribution is -2.28. The van der Waals surface area contributed by atoms with E-state index in [1.54, 1.807) is 6.20 Å². The van der Waals surface area contributed by atoms with Crippen LogP contribution in [0.1, 0.15) is 45.4 Å². The van der Waals surface area contributed by atoms with Crippen LogP contribution in [0.3, 0.4) is 0 Å². The van der Waals surface area contributed by atoms with Crippen molar-refractivity contribution in [2.75, 3.05) is 5.32 Å². The Morgan fingerprint density at radius 3 is 2.60 bits per heavy atom. The molecule has 1 aromatic heterocycles. The van der Waals surface area contributed by atoms with Crippen LogP contribution in [-0.2, 0) is 6.54 Å². The van der Waals surface area contributed by atoms with Crippen molar-refractivity contribution in [2.45, 2.75) is 58.0 Å². The van der Waals surface area contributed by atoms with Gasteiger partial charge in [-0.3, -0.25) is 4.79 Å². The number of aromatic nitrogens is 2. The topological polar surface area (TPSA) is 46.9 Å². The molecule has 1 aromatic rings. The molecule has 4 nitrogen and oxygen atoms in total. The summed E-state index contributed by atoms with van der Waals surface area (Å²) in [6.07, 6.45) is 8.90. The van der Waals surface area contributed by atoms with Gasteiger partial charge in [-0.15, -0.1) is 0 Å². The molecule has 2 fully saturated rings. The van der Waals surface area contributed by atoms with Crippen LogP contribution in [-0.4, -0.2) is 15.8 Å². The first-order chi connectivity index (χ1) is 9.70. The van der Waals surface area contributed by atoms with Crippen LogP contribution in [0.25, 0.3) is 0 Å². The fourth-order valence-corrected chi connectivity index (χ4v) is 2.94. The second-order valence-electron chi connectivity index (χ2n) is 6.10. The highest BCUT2D eigenvalue weighted by molar-refractivity contribution is 6.32. The number of hydrogen-bond acceptors (Lipinski definition) is 3. The zero-order valence-corrected chi connectivity index (χ0v) is 12.7. The van der Waals surface area contributed by atoms with Gasteiger partial charge in [0.25, 0.3) is 5.56 Å². The van der Waals surface area contributed by atoms with Crippen LogP contribution in [0.15, 0.2) is 11.0 Å². The van der Waals surface area contributed by atoms with E-state index in [0.29, 0.717) is 23.3 Å². The summed E-state index contributed by atoms with van der Waals surface area (Å²) >= 11 is 6.24. The lowest BCUT2D eigenvalue weighted by atomic mass is 10.1. The smallest absolute Gasteiger partial charge is 0.287 e. The lowest BCUT2D eigenvalue weighted by Gasteiger charge is -2.19. The molecule has 0 unspecified atom stereocenters. The van der Waals surface area contributed by atoms with E-state index in [2.05, 4.69) is 17.3 Å². The van der Waals surface area contributed by atoms with Gasteiger partial charge >= 0.3 is 0 Å². The fourth-order valence-electron chi connectivity index (χ4n) is 2.74. The number of rotatable bonds is 7. The summed E-state index contributed by atoms with van der Waals surface area (Å²) in [6.45, 7) is 2.74. The Bertz CT molecular complexity index is 522. The van der Waals surface area contributed by atoms with Crippen molar-refractivity contribution < 1.29 is 0 Å². The van der Waals surface area contributed by atoms with E-state index in [9.17, 15) is 4.79 Å². The molecule has 0 aromatic carbocycles. The zero-order chi connectivity index (χ0) is 14.1. The summed E-state index contributed by atoms with van der Waals surface area (Å²) in [6, 6.07) is 0.486. The highest BCUT2D eigenvalue weighted by Gasteiger charge is 2.41. The van der Waals surface area contributed by atoms with Gasteiger partial charge in [-0.1, -0.05) is 24.9 Å². The maximum Gasteiger partial charge on any atom is 0.287 e. The Labute approximate surface area is 124 Å². The summed E-state index contributed by atoms with van der Waals surface area (Å²) < 4.78 is 1.47. The second kappa shape index (κ2) is 5.76. The Morgan fingerprint density at radius 2 is 2.05 bits per heavy atom. The molecule has 2 aliphatic carbocycles. The van der Waals surface area contributed by atoms with E-state index in [-0.39, 0.29) is 5.56 Å². The zero-order valence-electron chi connectivity index (χ0n) is 11.9. The molecule has 1 N–H and O–H groups in total. The van der Waals surface area contributed by atoms with Crippen molar-refractivity contribution in [1.82, 2.24) is 9.78 Å². The standard InChI is InChI=1S/C15H22ClN3O/c1-2-3-8-19-15(20)13(16)12(9-17-19)18-14(10-4-5-10)11-6-7-11/h9-11,14,18H,2-8H2,1H3. The Kier molecular flexibility index (Phi) is 4.01. The molecule has 2 aliphatic rings. The third-order valence-corrected chi connectivity index (χ3v) is 4.66. The molecule has 20 heavy (non-hydrogen) atoms. The van der Waals surface area contributed by atoms with Crippen molar-refractivity contribution in [2.24, 2.45) is 11.8 Å². The quantitative estimate of drug-likeness (QED) is 0.839. The molecule has 0 aliphatic heterocycles. The molecule has 0 spiro atoms. The van der Waals surface area contributed by atoms with Gasteiger partial charge in [-0.25, -0.2) is 4.68 Å². The van der Waals surface area contributed by atoms with E-state index >= 15 is 0 Å². The Balaban J connectivity index is 1.75. The molecule has 0 radical (unpaired) electrons. The summed E-state index contributed by atoms with van der Waals surface area (Å²) in [4.78, 5) is 12.2. The predicted octanol–water partition coefficient (Wildman–Crippen LogP) is 3.30. The first kappa shape index (κ1) is 13.9. The van der Waals surface area contributed by atoms with Crippen molar-refractivity contribution in [3.63, 3.8) is 0 Å². The highest BCUT2D eigenvalue weighted by atomic mass is 35.5. The maximum absolute atomic E-state index is 12.2. The fraction of sp³-hybridized carbons (Fsp3) is 0.733. The average Bonchev–Trinajstić information content (AvgIpc) is 3.31. The van der Waals surface area contributed by atoms with E-state index in [1.165, 1.54) is 30.4 Å². The molecule has 0 amide bonds. The van der Waals surface area contributed by atoms with E-state index in [1.807, 2.05) is 0 Å². The van der Waals surface area contributed by atoms with E-state index in [0.717, 1.165) is 24.7 Å². The van der Waals surface area contributed by atoms with Crippen LogP contribution in [0.4, 0.5) is 5.69 Å². The van der Waals surface area contributed by atoms with Gasteiger partial charge < -0.3 is 5.32 Å².